The standard InChI is InChI=1S/C27H29N3O8S/c1-17-21(11-12-25(28-17)35-14-13-27(2,3)32)38-22-6-4-5-20-23(16-36-26(20)22)37-19-9-7-18(8-10-19)30-15-24(31)29-39(30,33)34/h4-12,15,23,29,31-32H,13-14,16H2,1-3H3/t23-/m1/s1. The molecule has 0 fully saturated rings. The van der Waals surface area contributed by atoms with Crippen molar-refractivity contribution in [3.05, 3.63) is 77.9 Å². The number of fused-ring (bicyclic) bond motifs is 1. The molecule has 2 aliphatic rings. The molecule has 12 heteroatoms. The van der Waals surface area contributed by atoms with Gasteiger partial charge < -0.3 is 29.2 Å². The summed E-state index contributed by atoms with van der Waals surface area (Å²) in [6.45, 7) is 5.88. The van der Waals surface area contributed by atoms with Gasteiger partial charge in [0.15, 0.2) is 17.6 Å². The van der Waals surface area contributed by atoms with E-state index in [1.54, 1.807) is 56.3 Å². The minimum atomic E-state index is -3.87. The lowest BCUT2D eigenvalue weighted by molar-refractivity contribution is 0.0546. The Kier molecular flexibility index (Phi) is 6.91. The molecule has 0 saturated carbocycles. The quantitative estimate of drug-likeness (QED) is 0.354. The molecule has 0 radical (unpaired) electrons. The second kappa shape index (κ2) is 10.2. The van der Waals surface area contributed by atoms with Crippen LogP contribution < -0.4 is 28.0 Å². The van der Waals surface area contributed by atoms with Crippen LogP contribution in [-0.4, -0.2) is 42.4 Å². The molecule has 3 heterocycles. The number of aliphatic hydroxyl groups excluding tert-OH is 1. The number of rotatable bonds is 9. The minimum Gasteiger partial charge on any atom is -0.493 e. The maximum Gasteiger partial charge on any atom is 0.330 e. The fraction of sp³-hybridized carbons (Fsp3) is 0.296. The van der Waals surface area contributed by atoms with Gasteiger partial charge in [-0.3, -0.25) is 0 Å². The molecule has 2 aliphatic heterocycles. The molecular weight excluding hydrogens is 526 g/mol. The molecule has 0 bridgehead atoms. The van der Waals surface area contributed by atoms with Gasteiger partial charge >= 0.3 is 10.2 Å². The van der Waals surface area contributed by atoms with Gasteiger partial charge in [-0.1, -0.05) is 12.1 Å². The van der Waals surface area contributed by atoms with Crippen LogP contribution in [0.3, 0.4) is 0 Å². The Bertz CT molecular complexity index is 1500. The van der Waals surface area contributed by atoms with Gasteiger partial charge in [-0.15, -0.1) is 0 Å². The second-order valence-electron chi connectivity index (χ2n) is 9.75. The predicted molar refractivity (Wildman–Crippen MR) is 142 cm³/mol. The topological polar surface area (TPSA) is 140 Å². The lowest BCUT2D eigenvalue weighted by Gasteiger charge is -2.17. The van der Waals surface area contributed by atoms with E-state index >= 15 is 0 Å². The number of aliphatic hydroxyl groups is 2. The Balaban J connectivity index is 1.26. The van der Waals surface area contributed by atoms with Gasteiger partial charge in [0.1, 0.15) is 18.1 Å². The van der Waals surface area contributed by atoms with Gasteiger partial charge in [-0.05, 0) is 57.2 Å². The van der Waals surface area contributed by atoms with Crippen molar-refractivity contribution >= 4 is 15.9 Å². The number of nitrogens with zero attached hydrogens (tertiary/aromatic N) is 2. The van der Waals surface area contributed by atoms with Crippen LogP contribution in [0.25, 0.3) is 0 Å². The van der Waals surface area contributed by atoms with Crippen LogP contribution >= 0.6 is 0 Å². The monoisotopic (exact) mass is 555 g/mol. The highest BCUT2D eigenvalue weighted by Gasteiger charge is 2.31. The minimum absolute atomic E-state index is 0.268. The van der Waals surface area contributed by atoms with Crippen LogP contribution in [0.4, 0.5) is 5.69 Å². The molecule has 0 amide bonds. The molecule has 39 heavy (non-hydrogen) atoms. The molecular formula is C27H29N3O8S. The number of hydrogen-bond donors (Lipinski definition) is 3. The maximum absolute atomic E-state index is 12.1. The van der Waals surface area contributed by atoms with Crippen LogP contribution in [0.1, 0.15) is 37.6 Å². The largest absolute Gasteiger partial charge is 0.493 e. The zero-order valence-electron chi connectivity index (χ0n) is 21.6. The Morgan fingerprint density at radius 1 is 1.13 bits per heavy atom. The van der Waals surface area contributed by atoms with E-state index in [2.05, 4.69) is 4.98 Å². The number of para-hydroxylation sites is 1. The van der Waals surface area contributed by atoms with Crippen LogP contribution in [0.15, 0.2) is 66.7 Å². The van der Waals surface area contributed by atoms with Crippen molar-refractivity contribution in [1.82, 2.24) is 9.71 Å². The van der Waals surface area contributed by atoms with Gasteiger partial charge in [-0.25, -0.2) is 14.0 Å². The summed E-state index contributed by atoms with van der Waals surface area (Å²) < 4.78 is 50.9. The third kappa shape index (κ3) is 5.96. The number of ether oxygens (including phenoxy) is 4. The van der Waals surface area contributed by atoms with E-state index in [1.165, 1.54) is 0 Å². The molecule has 1 atom stereocenters. The third-order valence-electron chi connectivity index (χ3n) is 6.03. The summed E-state index contributed by atoms with van der Waals surface area (Å²) in [5, 5.41) is 19.3. The van der Waals surface area contributed by atoms with Crippen molar-refractivity contribution in [2.75, 3.05) is 17.5 Å². The molecule has 3 N–H and O–H groups in total. The number of benzene rings is 2. The molecule has 0 spiro atoms. The number of anilines is 1. The molecule has 3 aromatic rings. The molecule has 2 aromatic carbocycles. The van der Waals surface area contributed by atoms with Crippen molar-refractivity contribution in [3.63, 3.8) is 0 Å². The first-order valence-corrected chi connectivity index (χ1v) is 13.7. The molecule has 0 unspecified atom stereocenters. The maximum atomic E-state index is 12.1. The van der Waals surface area contributed by atoms with Crippen LogP contribution in [0, 0.1) is 6.92 Å². The predicted octanol–water partition coefficient (Wildman–Crippen LogP) is 4.25. The summed E-state index contributed by atoms with van der Waals surface area (Å²) in [5.74, 6) is 2.15. The summed E-state index contributed by atoms with van der Waals surface area (Å²) in [5.41, 5.74) is 0.981. The number of hydrogen-bond acceptors (Lipinski definition) is 9. The number of nitrogens with one attached hydrogen (secondary N) is 1. The van der Waals surface area contributed by atoms with E-state index in [0.717, 1.165) is 16.1 Å². The van der Waals surface area contributed by atoms with E-state index < -0.39 is 27.8 Å². The molecule has 5 rings (SSSR count). The van der Waals surface area contributed by atoms with Gasteiger partial charge in [-0.2, -0.15) is 8.42 Å². The van der Waals surface area contributed by atoms with Crippen molar-refractivity contribution in [2.45, 2.75) is 38.9 Å². The Morgan fingerprint density at radius 2 is 1.90 bits per heavy atom. The molecule has 11 nitrogen and oxygen atoms in total. The van der Waals surface area contributed by atoms with Gasteiger partial charge in [0.25, 0.3) is 0 Å². The normalized spacial score (nSPS) is 17.6. The van der Waals surface area contributed by atoms with Gasteiger partial charge in [0.05, 0.1) is 29.8 Å². The average Bonchev–Trinajstić information content (AvgIpc) is 3.39. The van der Waals surface area contributed by atoms with Crippen molar-refractivity contribution in [1.29, 1.82) is 0 Å². The van der Waals surface area contributed by atoms with Gasteiger partial charge in [0.2, 0.25) is 11.8 Å². The third-order valence-corrected chi connectivity index (χ3v) is 7.33. The number of aromatic nitrogens is 1. The van der Waals surface area contributed by atoms with E-state index in [4.69, 9.17) is 18.9 Å². The second-order valence-corrected chi connectivity index (χ2v) is 11.3. The summed E-state index contributed by atoms with van der Waals surface area (Å²) in [7, 11) is -3.87. The summed E-state index contributed by atoms with van der Waals surface area (Å²) in [6, 6.07) is 15.5. The lowest BCUT2D eigenvalue weighted by Crippen LogP contribution is -2.29. The number of aryl methyl sites for hydroxylation is 1. The first-order chi connectivity index (χ1) is 18.5. The highest BCUT2D eigenvalue weighted by molar-refractivity contribution is 7.91. The van der Waals surface area contributed by atoms with E-state index in [9.17, 15) is 18.6 Å². The fourth-order valence-corrected chi connectivity index (χ4v) is 5.10. The van der Waals surface area contributed by atoms with Crippen molar-refractivity contribution in [3.8, 4) is 28.9 Å². The van der Waals surface area contributed by atoms with Crippen molar-refractivity contribution in [2.24, 2.45) is 0 Å². The van der Waals surface area contributed by atoms with E-state index in [0.29, 0.717) is 53.3 Å². The van der Waals surface area contributed by atoms with Crippen molar-refractivity contribution < 1.29 is 37.6 Å². The molecule has 1 aromatic heterocycles. The Labute approximate surface area is 226 Å². The average molecular weight is 556 g/mol. The SMILES string of the molecule is Cc1nc(OCCC(C)(C)O)ccc1Oc1cccc2c1OC[C@H]2Oc1ccc(N2C=C(O)NS2(=O)=O)cc1. The number of pyridine rings is 1. The molecule has 206 valence electrons. The highest BCUT2D eigenvalue weighted by atomic mass is 32.2. The first-order valence-electron chi connectivity index (χ1n) is 12.2. The van der Waals surface area contributed by atoms with Crippen LogP contribution in [-0.2, 0) is 10.2 Å². The van der Waals surface area contributed by atoms with Crippen LogP contribution in [0.2, 0.25) is 0 Å². The smallest absolute Gasteiger partial charge is 0.330 e. The summed E-state index contributed by atoms with van der Waals surface area (Å²) >= 11 is 0. The van der Waals surface area contributed by atoms with E-state index in [-0.39, 0.29) is 6.61 Å². The molecule has 0 aliphatic carbocycles. The first kappa shape index (κ1) is 26.4. The Morgan fingerprint density at radius 3 is 2.56 bits per heavy atom. The lowest BCUT2D eigenvalue weighted by atomic mass is 10.1. The van der Waals surface area contributed by atoms with Crippen LogP contribution in [0.5, 0.6) is 28.9 Å². The summed E-state index contributed by atoms with van der Waals surface area (Å²) in [6.07, 6.45) is 1.16. The molecule has 0 saturated heterocycles. The Hall–Kier alpha value is -4.16. The highest BCUT2D eigenvalue weighted by Crippen LogP contribution is 2.44. The summed E-state index contributed by atoms with van der Waals surface area (Å²) in [4.78, 5) is 4.45. The fourth-order valence-electron chi connectivity index (χ4n) is 4.04. The zero-order valence-corrected chi connectivity index (χ0v) is 22.4. The van der Waals surface area contributed by atoms with E-state index in [1.807, 2.05) is 23.8 Å². The van der Waals surface area contributed by atoms with Gasteiger partial charge in [0, 0.05) is 18.1 Å². The zero-order chi connectivity index (χ0) is 27.8.